The van der Waals surface area contributed by atoms with Crippen LogP contribution < -0.4 is 11.3 Å². The second-order valence-corrected chi connectivity index (χ2v) is 5.28. The molecule has 1 aliphatic rings. The van der Waals surface area contributed by atoms with Gasteiger partial charge in [-0.15, -0.1) is 0 Å². The van der Waals surface area contributed by atoms with Gasteiger partial charge in [0.05, 0.1) is 0 Å². The third-order valence-corrected chi connectivity index (χ3v) is 3.73. The first-order chi connectivity index (χ1) is 9.69. The van der Waals surface area contributed by atoms with Gasteiger partial charge in [0.1, 0.15) is 6.61 Å². The molecule has 1 aliphatic heterocycles. The number of hydrogen-bond donors (Lipinski definition) is 2. The lowest BCUT2D eigenvalue weighted by Gasteiger charge is -2.30. The molecule has 1 saturated heterocycles. The van der Waals surface area contributed by atoms with Gasteiger partial charge in [0, 0.05) is 25.6 Å². The van der Waals surface area contributed by atoms with Gasteiger partial charge in [-0.3, -0.25) is 15.0 Å². The van der Waals surface area contributed by atoms with Crippen molar-refractivity contribution in [1.29, 1.82) is 0 Å². The van der Waals surface area contributed by atoms with Gasteiger partial charge in [-0.1, -0.05) is 26.2 Å². The van der Waals surface area contributed by atoms with E-state index in [0.29, 0.717) is 32.5 Å². The quantitative estimate of drug-likeness (QED) is 0.299. The number of nitrogens with two attached hydrogens (primary N) is 1. The molecule has 2 amide bonds. The Morgan fingerprint density at radius 3 is 2.55 bits per heavy atom. The molecule has 0 aliphatic carbocycles. The van der Waals surface area contributed by atoms with Crippen LogP contribution in [0.1, 0.15) is 45.4 Å². The molecule has 6 nitrogen and oxygen atoms in total. The minimum Gasteiger partial charge on any atom is -0.372 e. The number of hydrazine groups is 1. The molecule has 0 aromatic carbocycles. The summed E-state index contributed by atoms with van der Waals surface area (Å²) in [6.07, 6.45) is 5.93. The van der Waals surface area contributed by atoms with Crippen LogP contribution in [-0.2, 0) is 14.3 Å². The average Bonchev–Trinajstić information content (AvgIpc) is 2.50. The maximum Gasteiger partial charge on any atom is 0.248 e. The largest absolute Gasteiger partial charge is 0.372 e. The third-order valence-electron chi connectivity index (χ3n) is 3.73. The Morgan fingerprint density at radius 1 is 1.25 bits per heavy atom. The number of carbonyl (C=O) groups is 2. The zero-order chi connectivity index (χ0) is 14.8. The summed E-state index contributed by atoms with van der Waals surface area (Å²) in [5, 5.41) is 0. The molecule has 0 aromatic rings. The molecule has 1 fully saturated rings. The van der Waals surface area contributed by atoms with E-state index in [1.54, 1.807) is 4.90 Å². The number of unbranched alkanes of at least 4 members (excludes halogenated alkanes) is 3. The van der Waals surface area contributed by atoms with E-state index in [0.717, 1.165) is 12.8 Å². The van der Waals surface area contributed by atoms with E-state index in [4.69, 9.17) is 10.6 Å². The van der Waals surface area contributed by atoms with Crippen molar-refractivity contribution in [2.45, 2.75) is 45.4 Å². The number of nitrogens with one attached hydrogen (secondary N) is 1. The Bertz CT molecular complexity index is 302. The number of amides is 2. The summed E-state index contributed by atoms with van der Waals surface area (Å²) in [6.45, 7) is 4.18. The first-order valence-corrected chi connectivity index (χ1v) is 7.55. The summed E-state index contributed by atoms with van der Waals surface area (Å²) in [4.78, 5) is 25.1. The van der Waals surface area contributed by atoms with Crippen LogP contribution in [0.4, 0.5) is 0 Å². The smallest absolute Gasteiger partial charge is 0.248 e. The Labute approximate surface area is 121 Å². The van der Waals surface area contributed by atoms with Crippen molar-refractivity contribution in [3.63, 3.8) is 0 Å². The summed E-state index contributed by atoms with van der Waals surface area (Å²) in [5.74, 6) is 4.93. The van der Waals surface area contributed by atoms with E-state index >= 15 is 0 Å². The lowest BCUT2D eigenvalue weighted by molar-refractivity contribution is -0.139. The molecule has 1 heterocycles. The number of nitrogens with zero attached hydrogens (tertiary/aromatic N) is 1. The van der Waals surface area contributed by atoms with Crippen molar-refractivity contribution in [1.82, 2.24) is 10.3 Å². The zero-order valence-corrected chi connectivity index (χ0v) is 12.4. The standard InChI is InChI=1S/C14H27N3O3/c1-2-3-4-5-10-20-11-13(18)17-8-6-12(7-9-17)14(19)16-15/h12H,2-11,15H2,1H3,(H,16,19). The predicted molar refractivity (Wildman–Crippen MR) is 76.6 cm³/mol. The van der Waals surface area contributed by atoms with Crippen LogP contribution in [0.3, 0.4) is 0 Å². The molecule has 6 heteroatoms. The molecule has 20 heavy (non-hydrogen) atoms. The van der Waals surface area contributed by atoms with E-state index in [1.165, 1.54) is 12.8 Å². The minimum atomic E-state index is -0.135. The molecular weight excluding hydrogens is 258 g/mol. The summed E-state index contributed by atoms with van der Waals surface area (Å²) in [6, 6.07) is 0. The SMILES string of the molecule is CCCCCCOCC(=O)N1CCC(C(=O)NN)CC1. The lowest BCUT2D eigenvalue weighted by Crippen LogP contribution is -2.45. The second kappa shape index (κ2) is 9.72. The Balaban J connectivity index is 2.11. The molecule has 1 rings (SSSR count). The first kappa shape index (κ1) is 16.9. The van der Waals surface area contributed by atoms with E-state index < -0.39 is 0 Å². The van der Waals surface area contributed by atoms with Crippen LogP contribution in [0.2, 0.25) is 0 Å². The van der Waals surface area contributed by atoms with Crippen LogP contribution in [-0.4, -0.2) is 43.0 Å². The molecule has 0 unspecified atom stereocenters. The van der Waals surface area contributed by atoms with Crippen molar-refractivity contribution in [2.24, 2.45) is 11.8 Å². The predicted octanol–water partition coefficient (Wildman–Crippen LogP) is 0.812. The van der Waals surface area contributed by atoms with Crippen LogP contribution >= 0.6 is 0 Å². The van der Waals surface area contributed by atoms with Gasteiger partial charge >= 0.3 is 0 Å². The number of carbonyl (C=O) groups excluding carboxylic acids is 2. The molecule has 0 atom stereocenters. The van der Waals surface area contributed by atoms with Crippen LogP contribution in [0.15, 0.2) is 0 Å². The highest BCUT2D eigenvalue weighted by molar-refractivity contribution is 5.80. The molecule has 0 spiro atoms. The maximum atomic E-state index is 11.9. The Morgan fingerprint density at radius 2 is 1.95 bits per heavy atom. The number of hydrogen-bond acceptors (Lipinski definition) is 4. The van der Waals surface area contributed by atoms with Crippen molar-refractivity contribution in [3.8, 4) is 0 Å². The third kappa shape index (κ3) is 5.88. The minimum absolute atomic E-state index is 0.0205. The van der Waals surface area contributed by atoms with Crippen molar-refractivity contribution >= 4 is 11.8 Å². The Kier molecular flexibility index (Phi) is 8.22. The molecule has 0 saturated carbocycles. The molecule has 0 bridgehead atoms. The summed E-state index contributed by atoms with van der Waals surface area (Å²) < 4.78 is 5.40. The molecule has 3 N–H and O–H groups in total. The molecule has 116 valence electrons. The summed E-state index contributed by atoms with van der Waals surface area (Å²) in [5.41, 5.74) is 2.17. The monoisotopic (exact) mass is 285 g/mol. The highest BCUT2D eigenvalue weighted by Gasteiger charge is 2.26. The molecular formula is C14H27N3O3. The van der Waals surface area contributed by atoms with E-state index in [1.807, 2.05) is 0 Å². The van der Waals surface area contributed by atoms with Crippen LogP contribution in [0.25, 0.3) is 0 Å². The van der Waals surface area contributed by atoms with Crippen molar-refractivity contribution < 1.29 is 14.3 Å². The fourth-order valence-corrected chi connectivity index (χ4v) is 2.39. The highest BCUT2D eigenvalue weighted by Crippen LogP contribution is 2.17. The van der Waals surface area contributed by atoms with Gasteiger partial charge in [0.25, 0.3) is 0 Å². The van der Waals surface area contributed by atoms with Crippen molar-refractivity contribution in [2.75, 3.05) is 26.3 Å². The normalized spacial score (nSPS) is 16.2. The number of likely N-dealkylation sites (tertiary alicyclic amines) is 1. The maximum absolute atomic E-state index is 11.9. The van der Waals surface area contributed by atoms with Crippen molar-refractivity contribution in [3.05, 3.63) is 0 Å². The van der Waals surface area contributed by atoms with Gasteiger partial charge in [0.2, 0.25) is 11.8 Å². The van der Waals surface area contributed by atoms with Gasteiger partial charge in [-0.2, -0.15) is 0 Å². The summed E-state index contributed by atoms with van der Waals surface area (Å²) in [7, 11) is 0. The molecule has 0 radical (unpaired) electrons. The van der Waals surface area contributed by atoms with E-state index in [-0.39, 0.29) is 24.3 Å². The first-order valence-electron chi connectivity index (χ1n) is 7.55. The van der Waals surface area contributed by atoms with Crippen LogP contribution in [0, 0.1) is 5.92 Å². The van der Waals surface area contributed by atoms with Gasteiger partial charge in [-0.05, 0) is 19.3 Å². The Hall–Kier alpha value is -1.14. The van der Waals surface area contributed by atoms with Gasteiger partial charge < -0.3 is 9.64 Å². The van der Waals surface area contributed by atoms with E-state index in [2.05, 4.69) is 12.3 Å². The topological polar surface area (TPSA) is 84.7 Å². The lowest BCUT2D eigenvalue weighted by atomic mass is 9.96. The summed E-state index contributed by atoms with van der Waals surface area (Å²) >= 11 is 0. The number of piperidine rings is 1. The zero-order valence-electron chi connectivity index (χ0n) is 12.4. The number of rotatable bonds is 8. The fraction of sp³-hybridized carbons (Fsp3) is 0.857. The van der Waals surface area contributed by atoms with Gasteiger partial charge in [0.15, 0.2) is 0 Å². The molecule has 0 aromatic heterocycles. The van der Waals surface area contributed by atoms with Crippen LogP contribution in [0.5, 0.6) is 0 Å². The fourth-order valence-electron chi connectivity index (χ4n) is 2.39. The average molecular weight is 285 g/mol. The van der Waals surface area contributed by atoms with E-state index in [9.17, 15) is 9.59 Å². The van der Waals surface area contributed by atoms with Gasteiger partial charge in [-0.25, -0.2) is 5.84 Å². The number of ether oxygens (including phenoxy) is 1. The second-order valence-electron chi connectivity index (χ2n) is 5.28. The highest BCUT2D eigenvalue weighted by atomic mass is 16.5.